The molecule has 0 radical (unpaired) electrons. The summed E-state index contributed by atoms with van der Waals surface area (Å²) in [5.41, 5.74) is 3.80. The van der Waals surface area contributed by atoms with Gasteiger partial charge in [0.2, 0.25) is 0 Å². The number of hydrogen-bond donors (Lipinski definition) is 1. The van der Waals surface area contributed by atoms with E-state index >= 15 is 0 Å². The molecule has 1 N–H and O–H groups in total. The van der Waals surface area contributed by atoms with Crippen LogP contribution in [0.5, 0.6) is 0 Å². The van der Waals surface area contributed by atoms with Gasteiger partial charge in [0, 0.05) is 35.5 Å². The Labute approximate surface area is 128 Å². The first-order chi connectivity index (χ1) is 9.83. The molecule has 0 atom stereocenters. The number of nitrogens with zero attached hydrogens (tertiary/aromatic N) is 1. The Kier molecular flexibility index (Phi) is 4.26. The predicted octanol–water partition coefficient (Wildman–Crippen LogP) is 4.66. The Balaban J connectivity index is 1.68. The Morgan fingerprint density at radius 2 is 1.80 bits per heavy atom. The van der Waals surface area contributed by atoms with Gasteiger partial charge < -0.3 is 10.2 Å². The summed E-state index contributed by atoms with van der Waals surface area (Å²) < 4.78 is 1.16. The van der Waals surface area contributed by atoms with E-state index in [0.717, 1.165) is 11.0 Å². The van der Waals surface area contributed by atoms with Crippen LogP contribution in [0.4, 0.5) is 11.4 Å². The van der Waals surface area contributed by atoms with Crippen molar-refractivity contribution < 1.29 is 0 Å². The number of hydrogen-bond acceptors (Lipinski definition) is 2. The second kappa shape index (κ2) is 6.31. The standard InChI is InChI=1S/C17H19BrN2/c18-17-9-2-1-6-14(17)13-19-15-7-5-8-16(12-15)20-10-3-4-11-20/h1-2,5-9,12,19H,3-4,10-11,13H2. The lowest BCUT2D eigenvalue weighted by molar-refractivity contribution is 0.949. The van der Waals surface area contributed by atoms with Crippen LogP contribution in [0.2, 0.25) is 0 Å². The van der Waals surface area contributed by atoms with E-state index in [1.807, 2.05) is 6.07 Å². The minimum absolute atomic E-state index is 0.838. The Bertz CT molecular complexity index is 577. The third-order valence-electron chi connectivity index (χ3n) is 3.76. The van der Waals surface area contributed by atoms with Gasteiger partial charge in [0.15, 0.2) is 0 Å². The zero-order valence-electron chi connectivity index (χ0n) is 11.5. The van der Waals surface area contributed by atoms with Crippen LogP contribution in [0.25, 0.3) is 0 Å². The van der Waals surface area contributed by atoms with Crippen molar-refractivity contribution in [1.29, 1.82) is 0 Å². The van der Waals surface area contributed by atoms with E-state index in [1.54, 1.807) is 0 Å². The third-order valence-corrected chi connectivity index (χ3v) is 4.53. The minimum atomic E-state index is 0.838. The molecule has 1 aliphatic heterocycles. The van der Waals surface area contributed by atoms with E-state index in [-0.39, 0.29) is 0 Å². The normalized spacial score (nSPS) is 14.6. The molecule has 3 heteroatoms. The van der Waals surface area contributed by atoms with Crippen LogP contribution in [-0.4, -0.2) is 13.1 Å². The zero-order chi connectivity index (χ0) is 13.8. The first-order valence-electron chi connectivity index (χ1n) is 7.15. The van der Waals surface area contributed by atoms with Crippen molar-refractivity contribution in [2.24, 2.45) is 0 Å². The molecule has 0 unspecified atom stereocenters. The highest BCUT2D eigenvalue weighted by molar-refractivity contribution is 9.10. The molecule has 2 nitrogen and oxygen atoms in total. The fourth-order valence-electron chi connectivity index (χ4n) is 2.63. The fourth-order valence-corrected chi connectivity index (χ4v) is 3.05. The maximum Gasteiger partial charge on any atom is 0.0411 e. The van der Waals surface area contributed by atoms with Crippen LogP contribution in [-0.2, 0) is 6.54 Å². The Hall–Kier alpha value is -1.48. The second-order valence-corrected chi connectivity index (χ2v) is 6.04. The van der Waals surface area contributed by atoms with Gasteiger partial charge in [-0.15, -0.1) is 0 Å². The SMILES string of the molecule is Brc1ccccc1CNc1cccc(N2CCCC2)c1. The molecule has 0 bridgehead atoms. The average molecular weight is 331 g/mol. The maximum atomic E-state index is 3.59. The second-order valence-electron chi connectivity index (χ2n) is 5.19. The number of benzene rings is 2. The molecule has 20 heavy (non-hydrogen) atoms. The van der Waals surface area contributed by atoms with E-state index in [0.29, 0.717) is 0 Å². The molecule has 2 aromatic carbocycles. The van der Waals surface area contributed by atoms with Gasteiger partial charge in [-0.1, -0.05) is 40.2 Å². The number of nitrogens with one attached hydrogen (secondary N) is 1. The average Bonchev–Trinajstić information content (AvgIpc) is 3.01. The molecule has 2 aromatic rings. The van der Waals surface area contributed by atoms with Gasteiger partial charge >= 0.3 is 0 Å². The summed E-state index contributed by atoms with van der Waals surface area (Å²) >= 11 is 3.59. The van der Waals surface area contributed by atoms with Crippen molar-refractivity contribution in [3.63, 3.8) is 0 Å². The molecular weight excluding hydrogens is 312 g/mol. The summed E-state index contributed by atoms with van der Waals surface area (Å²) in [6, 6.07) is 17.1. The molecule has 0 spiro atoms. The monoisotopic (exact) mass is 330 g/mol. The van der Waals surface area contributed by atoms with Crippen LogP contribution in [0.1, 0.15) is 18.4 Å². The van der Waals surface area contributed by atoms with E-state index in [1.165, 1.54) is 42.9 Å². The van der Waals surface area contributed by atoms with Crippen LogP contribution < -0.4 is 10.2 Å². The molecular formula is C17H19BrN2. The van der Waals surface area contributed by atoms with Gasteiger partial charge in [0.1, 0.15) is 0 Å². The Morgan fingerprint density at radius 1 is 1.00 bits per heavy atom. The van der Waals surface area contributed by atoms with Gasteiger partial charge in [0.05, 0.1) is 0 Å². The van der Waals surface area contributed by atoms with Crippen molar-refractivity contribution in [2.75, 3.05) is 23.3 Å². The summed E-state index contributed by atoms with van der Waals surface area (Å²) in [4.78, 5) is 2.46. The maximum absolute atomic E-state index is 3.59. The summed E-state index contributed by atoms with van der Waals surface area (Å²) in [7, 11) is 0. The molecule has 0 aromatic heterocycles. The van der Waals surface area contributed by atoms with Crippen LogP contribution in [0, 0.1) is 0 Å². The van der Waals surface area contributed by atoms with Crippen molar-refractivity contribution in [2.45, 2.75) is 19.4 Å². The highest BCUT2D eigenvalue weighted by Gasteiger charge is 2.12. The Morgan fingerprint density at radius 3 is 2.60 bits per heavy atom. The lowest BCUT2D eigenvalue weighted by Crippen LogP contribution is -2.17. The third kappa shape index (κ3) is 3.15. The predicted molar refractivity (Wildman–Crippen MR) is 89.4 cm³/mol. The molecule has 1 aliphatic rings. The van der Waals surface area contributed by atoms with Crippen molar-refractivity contribution in [3.8, 4) is 0 Å². The van der Waals surface area contributed by atoms with Gasteiger partial charge in [-0.2, -0.15) is 0 Å². The van der Waals surface area contributed by atoms with Crippen molar-refractivity contribution >= 4 is 27.3 Å². The summed E-state index contributed by atoms with van der Waals surface area (Å²) in [5, 5.41) is 3.51. The molecule has 1 fully saturated rings. The van der Waals surface area contributed by atoms with Gasteiger partial charge in [-0.05, 0) is 42.7 Å². The highest BCUT2D eigenvalue weighted by Crippen LogP contribution is 2.24. The minimum Gasteiger partial charge on any atom is -0.381 e. The molecule has 0 aliphatic carbocycles. The van der Waals surface area contributed by atoms with E-state index in [9.17, 15) is 0 Å². The van der Waals surface area contributed by atoms with Crippen LogP contribution >= 0.6 is 15.9 Å². The fraction of sp³-hybridized carbons (Fsp3) is 0.294. The number of rotatable bonds is 4. The lowest BCUT2D eigenvalue weighted by Gasteiger charge is -2.18. The largest absolute Gasteiger partial charge is 0.381 e. The van der Waals surface area contributed by atoms with Gasteiger partial charge in [-0.25, -0.2) is 0 Å². The molecule has 0 amide bonds. The van der Waals surface area contributed by atoms with E-state index in [2.05, 4.69) is 68.6 Å². The smallest absolute Gasteiger partial charge is 0.0411 e. The summed E-state index contributed by atoms with van der Waals surface area (Å²) in [6.45, 7) is 3.21. The van der Waals surface area contributed by atoms with E-state index < -0.39 is 0 Å². The van der Waals surface area contributed by atoms with Crippen LogP contribution in [0.3, 0.4) is 0 Å². The van der Waals surface area contributed by atoms with E-state index in [4.69, 9.17) is 0 Å². The first-order valence-corrected chi connectivity index (χ1v) is 7.94. The molecule has 0 saturated carbocycles. The molecule has 104 valence electrons. The number of halogens is 1. The highest BCUT2D eigenvalue weighted by atomic mass is 79.9. The van der Waals surface area contributed by atoms with Gasteiger partial charge in [-0.3, -0.25) is 0 Å². The summed E-state index contributed by atoms with van der Waals surface area (Å²) in [6.07, 6.45) is 2.63. The molecule has 1 saturated heterocycles. The van der Waals surface area contributed by atoms with Crippen molar-refractivity contribution in [3.05, 3.63) is 58.6 Å². The quantitative estimate of drug-likeness (QED) is 0.876. The van der Waals surface area contributed by atoms with Crippen LogP contribution in [0.15, 0.2) is 53.0 Å². The molecule has 1 heterocycles. The lowest BCUT2D eigenvalue weighted by atomic mass is 10.2. The number of anilines is 2. The van der Waals surface area contributed by atoms with Gasteiger partial charge in [0.25, 0.3) is 0 Å². The molecule has 3 rings (SSSR count). The zero-order valence-corrected chi connectivity index (χ0v) is 13.1. The summed E-state index contributed by atoms with van der Waals surface area (Å²) in [5.74, 6) is 0. The van der Waals surface area contributed by atoms with Crippen molar-refractivity contribution in [1.82, 2.24) is 0 Å². The first kappa shape index (κ1) is 13.5. The topological polar surface area (TPSA) is 15.3 Å².